The Morgan fingerprint density at radius 2 is 0.867 bits per heavy atom. The van der Waals surface area contributed by atoms with Crippen molar-refractivity contribution in [3.05, 3.63) is 109 Å². The minimum absolute atomic E-state index is 0.0276. The zero-order valence-electron chi connectivity index (χ0n) is 17.8. The second-order valence-electron chi connectivity index (χ2n) is 9.02. The van der Waals surface area contributed by atoms with E-state index in [1.165, 1.54) is 32.1 Å². The molecular formula is C28H27NSi. The van der Waals surface area contributed by atoms with Crippen molar-refractivity contribution in [1.29, 1.82) is 0 Å². The van der Waals surface area contributed by atoms with Crippen LogP contribution >= 0.6 is 0 Å². The molecule has 1 nitrogen and oxygen atoms in total. The lowest BCUT2D eigenvalue weighted by Gasteiger charge is -2.49. The van der Waals surface area contributed by atoms with Gasteiger partial charge in [-0.1, -0.05) is 97.1 Å². The first-order chi connectivity index (χ1) is 14.5. The van der Waals surface area contributed by atoms with Gasteiger partial charge in [0.05, 0.1) is 0 Å². The van der Waals surface area contributed by atoms with Gasteiger partial charge in [0.15, 0.2) is 8.07 Å². The summed E-state index contributed by atoms with van der Waals surface area (Å²) in [5, 5.41) is 5.81. The molecule has 0 aromatic heterocycles. The Labute approximate surface area is 180 Å². The molecule has 0 spiro atoms. The van der Waals surface area contributed by atoms with Crippen molar-refractivity contribution in [2.45, 2.75) is 26.3 Å². The summed E-state index contributed by atoms with van der Waals surface area (Å²) in [6, 6.07) is 40.5. The number of fused-ring (bicyclic) bond motifs is 2. The number of hydrogen-bond donors (Lipinski definition) is 0. The molecule has 0 N–H and O–H groups in total. The average Bonchev–Trinajstić information content (AvgIpc) is 2.77. The Hall–Kier alpha value is -3.10. The van der Waals surface area contributed by atoms with Crippen molar-refractivity contribution in [3.8, 4) is 0 Å². The van der Waals surface area contributed by atoms with Crippen LogP contribution in [0.25, 0.3) is 0 Å². The van der Waals surface area contributed by atoms with Gasteiger partial charge >= 0.3 is 0 Å². The molecule has 5 rings (SSSR count). The number of rotatable bonds is 2. The molecule has 2 heteroatoms. The largest absolute Gasteiger partial charge is 0.336 e. The Balaban J connectivity index is 1.99. The summed E-state index contributed by atoms with van der Waals surface area (Å²) in [4.78, 5) is 2.54. The third-order valence-corrected chi connectivity index (χ3v) is 11.0. The third-order valence-electron chi connectivity index (χ3n) is 6.18. The molecule has 0 fully saturated rings. The first-order valence-corrected chi connectivity index (χ1v) is 12.6. The molecule has 0 bridgehead atoms. The normalized spacial score (nSPS) is 14.7. The predicted octanol–water partition coefficient (Wildman–Crippen LogP) is 4.31. The predicted molar refractivity (Wildman–Crippen MR) is 132 cm³/mol. The molecule has 148 valence electrons. The van der Waals surface area contributed by atoms with E-state index in [-0.39, 0.29) is 5.54 Å². The summed E-state index contributed by atoms with van der Waals surface area (Å²) in [5.41, 5.74) is 2.64. The zero-order valence-corrected chi connectivity index (χ0v) is 18.8. The summed E-state index contributed by atoms with van der Waals surface area (Å²) >= 11 is 0. The molecule has 4 aromatic rings. The minimum Gasteiger partial charge on any atom is -0.336 e. The number of hydrogen-bond acceptors (Lipinski definition) is 1. The summed E-state index contributed by atoms with van der Waals surface area (Å²) in [5.74, 6) is 0. The van der Waals surface area contributed by atoms with Crippen LogP contribution < -0.4 is 25.6 Å². The molecule has 30 heavy (non-hydrogen) atoms. The van der Waals surface area contributed by atoms with Crippen molar-refractivity contribution < 1.29 is 0 Å². The Morgan fingerprint density at radius 3 is 1.27 bits per heavy atom. The van der Waals surface area contributed by atoms with E-state index in [2.05, 4.69) is 135 Å². The van der Waals surface area contributed by atoms with Gasteiger partial charge in [0, 0.05) is 16.9 Å². The van der Waals surface area contributed by atoms with Gasteiger partial charge in [-0.25, -0.2) is 0 Å². The van der Waals surface area contributed by atoms with Gasteiger partial charge in [-0.05, 0) is 53.7 Å². The average molecular weight is 406 g/mol. The van der Waals surface area contributed by atoms with Crippen LogP contribution in [-0.2, 0) is 0 Å². The number of anilines is 2. The maximum absolute atomic E-state index is 2.54. The van der Waals surface area contributed by atoms with Crippen molar-refractivity contribution >= 4 is 40.2 Å². The second kappa shape index (κ2) is 7.00. The lowest BCUT2D eigenvalue weighted by molar-refractivity contribution is 0.561. The SMILES string of the molecule is CC(C)(C)N1c2ccccc2[Si](c2ccccc2)(c2ccccc2)c2ccccc21. The summed E-state index contributed by atoms with van der Waals surface area (Å²) < 4.78 is 0. The fourth-order valence-corrected chi connectivity index (χ4v) is 10.2. The van der Waals surface area contributed by atoms with E-state index < -0.39 is 8.07 Å². The van der Waals surface area contributed by atoms with Gasteiger partial charge in [-0.15, -0.1) is 0 Å². The van der Waals surface area contributed by atoms with Gasteiger partial charge in [0.25, 0.3) is 0 Å². The van der Waals surface area contributed by atoms with Gasteiger partial charge in [0.1, 0.15) is 0 Å². The number of para-hydroxylation sites is 2. The molecular weight excluding hydrogens is 378 g/mol. The van der Waals surface area contributed by atoms with Gasteiger partial charge < -0.3 is 4.90 Å². The van der Waals surface area contributed by atoms with E-state index >= 15 is 0 Å². The Kier molecular flexibility index (Phi) is 4.41. The summed E-state index contributed by atoms with van der Waals surface area (Å²) in [6.07, 6.45) is 0. The maximum atomic E-state index is 2.54. The molecule has 0 atom stereocenters. The number of nitrogens with zero attached hydrogens (tertiary/aromatic N) is 1. The van der Waals surface area contributed by atoms with Crippen LogP contribution in [0.4, 0.5) is 11.4 Å². The Morgan fingerprint density at radius 1 is 0.500 bits per heavy atom. The van der Waals surface area contributed by atoms with Crippen LogP contribution in [0.5, 0.6) is 0 Å². The van der Waals surface area contributed by atoms with Crippen molar-refractivity contribution in [2.24, 2.45) is 0 Å². The highest BCUT2D eigenvalue weighted by Gasteiger charge is 2.49. The van der Waals surface area contributed by atoms with Crippen LogP contribution in [0.2, 0.25) is 0 Å². The molecule has 0 amide bonds. The quantitative estimate of drug-likeness (QED) is 0.449. The van der Waals surface area contributed by atoms with E-state index in [1.807, 2.05) is 0 Å². The van der Waals surface area contributed by atoms with Gasteiger partial charge in [0.2, 0.25) is 0 Å². The molecule has 0 unspecified atom stereocenters. The monoisotopic (exact) mass is 405 g/mol. The molecule has 4 aromatic carbocycles. The van der Waals surface area contributed by atoms with E-state index in [0.717, 1.165) is 0 Å². The zero-order chi connectivity index (χ0) is 20.8. The van der Waals surface area contributed by atoms with E-state index in [1.54, 1.807) is 0 Å². The standard InChI is InChI=1S/C28H27NSi/c1-28(2,3)29-24-18-10-12-20-26(24)30(22-14-6-4-7-15-22,23-16-8-5-9-17-23)27-21-13-11-19-25(27)29/h4-21H,1-3H3. The molecule has 1 aliphatic heterocycles. The number of benzene rings is 4. The smallest absolute Gasteiger partial charge is 0.183 e. The highest BCUT2D eigenvalue weighted by atomic mass is 28.3. The Bertz CT molecular complexity index is 1090. The lowest BCUT2D eigenvalue weighted by Crippen LogP contribution is -2.78. The fourth-order valence-electron chi connectivity index (χ4n) is 5.13. The van der Waals surface area contributed by atoms with E-state index in [9.17, 15) is 0 Å². The van der Waals surface area contributed by atoms with Crippen LogP contribution in [0, 0.1) is 0 Å². The molecule has 1 heterocycles. The van der Waals surface area contributed by atoms with Crippen molar-refractivity contribution in [3.63, 3.8) is 0 Å². The van der Waals surface area contributed by atoms with Crippen LogP contribution in [-0.4, -0.2) is 13.6 Å². The molecule has 1 aliphatic rings. The first kappa shape index (κ1) is 18.9. The maximum Gasteiger partial charge on any atom is 0.183 e. The van der Waals surface area contributed by atoms with Crippen LogP contribution in [0.3, 0.4) is 0 Å². The fraction of sp³-hybridized carbons (Fsp3) is 0.143. The topological polar surface area (TPSA) is 3.24 Å². The molecule has 0 saturated heterocycles. The lowest BCUT2D eigenvalue weighted by atomic mass is 10.0. The first-order valence-electron chi connectivity index (χ1n) is 10.6. The van der Waals surface area contributed by atoms with Crippen molar-refractivity contribution in [2.75, 3.05) is 4.90 Å². The van der Waals surface area contributed by atoms with Gasteiger partial charge in [-0.2, -0.15) is 0 Å². The molecule has 0 aliphatic carbocycles. The highest BCUT2D eigenvalue weighted by Crippen LogP contribution is 2.36. The van der Waals surface area contributed by atoms with E-state index in [0.29, 0.717) is 0 Å². The minimum atomic E-state index is -2.44. The highest BCUT2D eigenvalue weighted by molar-refractivity contribution is 7.21. The van der Waals surface area contributed by atoms with Crippen LogP contribution in [0.15, 0.2) is 109 Å². The summed E-state index contributed by atoms with van der Waals surface area (Å²) in [7, 11) is -2.44. The van der Waals surface area contributed by atoms with E-state index in [4.69, 9.17) is 0 Å². The third kappa shape index (κ3) is 2.68. The second-order valence-corrected chi connectivity index (χ2v) is 12.8. The van der Waals surface area contributed by atoms with Crippen LogP contribution in [0.1, 0.15) is 20.8 Å². The van der Waals surface area contributed by atoms with Crippen molar-refractivity contribution in [1.82, 2.24) is 0 Å². The molecule has 0 radical (unpaired) electrons. The molecule has 0 saturated carbocycles. The summed E-state index contributed by atoms with van der Waals surface area (Å²) in [6.45, 7) is 6.92. The van der Waals surface area contributed by atoms with Gasteiger partial charge in [-0.3, -0.25) is 0 Å².